The van der Waals surface area contributed by atoms with E-state index in [1.54, 1.807) is 6.92 Å². The second-order valence-electron chi connectivity index (χ2n) is 7.42. The van der Waals surface area contributed by atoms with Gasteiger partial charge in [0.2, 0.25) is 5.13 Å². The molecular weight excluding hydrogens is 454 g/mol. The van der Waals surface area contributed by atoms with E-state index in [0.29, 0.717) is 17.3 Å². The van der Waals surface area contributed by atoms with Gasteiger partial charge in [-0.25, -0.2) is 8.78 Å². The molecule has 0 spiro atoms. The number of aryl methyl sites for hydroxylation is 1. The van der Waals surface area contributed by atoms with Gasteiger partial charge >= 0.3 is 0 Å². The van der Waals surface area contributed by atoms with Crippen molar-refractivity contribution >= 4 is 22.4 Å². The Labute approximate surface area is 192 Å². The Bertz CT molecular complexity index is 1150. The van der Waals surface area contributed by atoms with E-state index in [-0.39, 0.29) is 40.3 Å². The van der Waals surface area contributed by atoms with Crippen molar-refractivity contribution in [2.45, 2.75) is 32.5 Å². The summed E-state index contributed by atoms with van der Waals surface area (Å²) in [6, 6.07) is 3.77. The number of hydrogen-bond acceptors (Lipinski definition) is 8. The second-order valence-corrected chi connectivity index (χ2v) is 8.48. The Kier molecular flexibility index (Phi) is 7.21. The fourth-order valence-electron chi connectivity index (χ4n) is 3.46. The predicted octanol–water partition coefficient (Wildman–Crippen LogP) is 4.14. The van der Waals surface area contributed by atoms with Crippen LogP contribution in [-0.4, -0.2) is 47.5 Å². The predicted molar refractivity (Wildman–Crippen MR) is 117 cm³/mol. The fraction of sp³-hybridized carbons (Fsp3) is 0.364. The van der Waals surface area contributed by atoms with Crippen LogP contribution in [0.2, 0.25) is 0 Å². The lowest BCUT2D eigenvalue weighted by molar-refractivity contribution is -0.0570. The van der Waals surface area contributed by atoms with Gasteiger partial charge in [0.05, 0.1) is 30.9 Å². The van der Waals surface area contributed by atoms with Crippen LogP contribution in [0.5, 0.6) is 5.75 Å². The van der Waals surface area contributed by atoms with Crippen molar-refractivity contribution < 1.29 is 27.8 Å². The van der Waals surface area contributed by atoms with E-state index in [9.17, 15) is 13.6 Å². The highest BCUT2D eigenvalue weighted by Crippen LogP contribution is 2.36. The molecule has 1 atom stereocenters. The van der Waals surface area contributed by atoms with Crippen LogP contribution in [0.15, 0.2) is 24.4 Å². The van der Waals surface area contributed by atoms with E-state index in [1.165, 1.54) is 25.4 Å². The normalized spacial score (nSPS) is 15.9. The number of nitrogens with zero attached hydrogens (tertiary/aromatic N) is 3. The molecule has 8 nitrogen and oxygen atoms in total. The summed E-state index contributed by atoms with van der Waals surface area (Å²) in [6.45, 7) is 3.23. The van der Waals surface area contributed by atoms with Crippen LogP contribution in [-0.2, 0) is 16.1 Å². The number of amides is 1. The van der Waals surface area contributed by atoms with Gasteiger partial charge in [0.25, 0.3) is 5.91 Å². The van der Waals surface area contributed by atoms with E-state index >= 15 is 0 Å². The molecule has 2 aromatic heterocycles. The molecule has 4 rings (SSSR count). The summed E-state index contributed by atoms with van der Waals surface area (Å²) in [7, 11) is 1.34. The van der Waals surface area contributed by atoms with E-state index in [0.717, 1.165) is 36.9 Å². The van der Waals surface area contributed by atoms with Crippen molar-refractivity contribution in [2.24, 2.45) is 0 Å². The number of halogens is 2. The van der Waals surface area contributed by atoms with Gasteiger partial charge in [-0.05, 0) is 38.0 Å². The molecule has 1 fully saturated rings. The van der Waals surface area contributed by atoms with E-state index < -0.39 is 17.5 Å². The number of rotatable bonds is 7. The van der Waals surface area contributed by atoms with Crippen LogP contribution in [0.3, 0.4) is 0 Å². The van der Waals surface area contributed by atoms with Crippen LogP contribution in [0.1, 0.15) is 33.9 Å². The standard InChI is InChI=1S/C22H22F2N4O4S/c1-12-8-14(19-17(30-2)6-5-16(23)20(19)24)15(9-25-12)21(29)26-22-28-27-18(33-22)11-32-13-4-3-7-31-10-13/h5-6,8-9,13H,3-4,7,10-11H2,1-2H3,(H,26,28,29). The van der Waals surface area contributed by atoms with Gasteiger partial charge in [0.15, 0.2) is 11.6 Å². The Morgan fingerprint density at radius 1 is 1.33 bits per heavy atom. The van der Waals surface area contributed by atoms with Gasteiger partial charge < -0.3 is 14.2 Å². The lowest BCUT2D eigenvalue weighted by Crippen LogP contribution is -2.25. The third-order valence-corrected chi connectivity index (χ3v) is 5.89. The Morgan fingerprint density at radius 3 is 2.94 bits per heavy atom. The minimum absolute atomic E-state index is 0.0121. The second kappa shape index (κ2) is 10.3. The van der Waals surface area contributed by atoms with Crippen LogP contribution in [0.4, 0.5) is 13.9 Å². The van der Waals surface area contributed by atoms with Crippen LogP contribution < -0.4 is 10.1 Å². The molecule has 33 heavy (non-hydrogen) atoms. The molecule has 0 bridgehead atoms. The minimum Gasteiger partial charge on any atom is -0.496 e. The van der Waals surface area contributed by atoms with Crippen molar-refractivity contribution in [3.63, 3.8) is 0 Å². The first kappa shape index (κ1) is 23.1. The molecule has 1 amide bonds. The lowest BCUT2D eigenvalue weighted by Gasteiger charge is -2.21. The molecule has 1 aliphatic rings. The molecule has 1 saturated heterocycles. The Balaban J connectivity index is 1.54. The van der Waals surface area contributed by atoms with E-state index in [1.807, 2.05) is 0 Å². The average Bonchev–Trinajstić information content (AvgIpc) is 3.27. The summed E-state index contributed by atoms with van der Waals surface area (Å²) < 4.78 is 45.1. The first-order valence-corrected chi connectivity index (χ1v) is 11.1. The molecule has 11 heteroatoms. The summed E-state index contributed by atoms with van der Waals surface area (Å²) in [5, 5.41) is 11.5. The zero-order valence-electron chi connectivity index (χ0n) is 18.1. The number of benzene rings is 1. The van der Waals surface area contributed by atoms with Crippen molar-refractivity contribution in [3.05, 3.63) is 52.3 Å². The maximum absolute atomic E-state index is 14.7. The number of anilines is 1. The number of methoxy groups -OCH3 is 1. The van der Waals surface area contributed by atoms with Crippen LogP contribution in [0.25, 0.3) is 11.1 Å². The molecule has 174 valence electrons. The summed E-state index contributed by atoms with van der Waals surface area (Å²) >= 11 is 1.16. The first-order chi connectivity index (χ1) is 16.0. The van der Waals surface area contributed by atoms with Gasteiger partial charge in [-0.15, -0.1) is 10.2 Å². The van der Waals surface area contributed by atoms with Crippen molar-refractivity contribution in [3.8, 4) is 16.9 Å². The first-order valence-electron chi connectivity index (χ1n) is 10.3. The Morgan fingerprint density at radius 2 is 2.18 bits per heavy atom. The van der Waals surface area contributed by atoms with Gasteiger partial charge in [-0.3, -0.25) is 15.1 Å². The third-order valence-electron chi connectivity index (χ3n) is 5.08. The molecule has 1 N–H and O–H groups in total. The molecule has 3 heterocycles. The van der Waals surface area contributed by atoms with Gasteiger partial charge in [-0.1, -0.05) is 11.3 Å². The quantitative estimate of drug-likeness (QED) is 0.548. The summed E-state index contributed by atoms with van der Waals surface area (Å²) in [4.78, 5) is 17.2. The maximum atomic E-state index is 14.7. The fourth-order valence-corrected chi connectivity index (χ4v) is 4.12. The maximum Gasteiger partial charge on any atom is 0.259 e. The SMILES string of the molecule is COc1ccc(F)c(F)c1-c1cc(C)ncc1C(=O)Nc1nnc(COC2CCCOC2)s1. The van der Waals surface area contributed by atoms with Gasteiger partial charge in [-0.2, -0.15) is 0 Å². The summed E-state index contributed by atoms with van der Waals surface area (Å²) in [6.07, 6.45) is 3.19. The topological polar surface area (TPSA) is 95.5 Å². The van der Waals surface area contributed by atoms with Crippen LogP contribution >= 0.6 is 11.3 Å². The molecule has 0 aliphatic carbocycles. The van der Waals surface area contributed by atoms with Gasteiger partial charge in [0.1, 0.15) is 17.4 Å². The molecule has 1 aliphatic heterocycles. The number of nitrogens with one attached hydrogen (secondary N) is 1. The number of aromatic nitrogens is 3. The average molecular weight is 477 g/mol. The zero-order chi connectivity index (χ0) is 23.4. The molecule has 0 saturated carbocycles. The molecule has 1 aromatic carbocycles. The lowest BCUT2D eigenvalue weighted by atomic mass is 9.98. The number of carbonyl (C=O) groups excluding carboxylic acids is 1. The van der Waals surface area contributed by atoms with E-state index in [2.05, 4.69) is 20.5 Å². The summed E-state index contributed by atoms with van der Waals surface area (Å²) in [5.74, 6) is -2.66. The smallest absolute Gasteiger partial charge is 0.259 e. The van der Waals surface area contributed by atoms with Crippen molar-refractivity contribution in [1.29, 1.82) is 0 Å². The highest BCUT2D eigenvalue weighted by Gasteiger charge is 2.23. The van der Waals surface area contributed by atoms with Crippen molar-refractivity contribution in [2.75, 3.05) is 25.6 Å². The third kappa shape index (κ3) is 5.32. The molecule has 0 radical (unpaired) electrons. The van der Waals surface area contributed by atoms with Crippen molar-refractivity contribution in [1.82, 2.24) is 15.2 Å². The number of pyridine rings is 1. The molecular formula is C22H22F2N4O4S. The number of hydrogen-bond donors (Lipinski definition) is 1. The van der Waals surface area contributed by atoms with Gasteiger partial charge in [0, 0.05) is 24.1 Å². The summed E-state index contributed by atoms with van der Waals surface area (Å²) in [5.41, 5.74) is 0.554. The van der Waals surface area contributed by atoms with Crippen LogP contribution in [0, 0.1) is 18.6 Å². The zero-order valence-corrected chi connectivity index (χ0v) is 18.9. The van der Waals surface area contributed by atoms with E-state index in [4.69, 9.17) is 14.2 Å². The Hall–Kier alpha value is -3.02. The number of ether oxygens (including phenoxy) is 3. The monoisotopic (exact) mass is 476 g/mol. The highest BCUT2D eigenvalue weighted by atomic mass is 32.1. The molecule has 3 aromatic rings. The molecule has 1 unspecified atom stereocenters. The largest absolute Gasteiger partial charge is 0.496 e. The minimum atomic E-state index is -1.11. The highest BCUT2D eigenvalue weighted by molar-refractivity contribution is 7.15. The number of carbonyl (C=O) groups is 1.